The molecule has 0 radical (unpaired) electrons. The quantitative estimate of drug-likeness (QED) is 0.727. The van der Waals surface area contributed by atoms with Gasteiger partial charge < -0.3 is 10.1 Å². The molecule has 0 spiro atoms. The first kappa shape index (κ1) is 15.5. The first-order chi connectivity index (χ1) is 9.44. The third kappa shape index (κ3) is 4.89. The fraction of sp³-hybridized carbons (Fsp3) is 0.571. The molecular weight excluding hydrogens is 335 g/mol. The first-order valence-corrected chi connectivity index (χ1v) is 7.55. The monoisotopic (exact) mass is 351 g/mol. The van der Waals surface area contributed by atoms with Crippen LogP contribution in [-0.4, -0.2) is 12.4 Å². The summed E-state index contributed by atoms with van der Waals surface area (Å²) in [5.74, 6) is -0.184. The van der Waals surface area contributed by atoms with Crippen LogP contribution < -0.4 is 10.1 Å². The second-order valence-corrected chi connectivity index (χ2v) is 5.94. The molecule has 1 aromatic rings. The second kappa shape index (κ2) is 6.70. The van der Waals surface area contributed by atoms with Crippen LogP contribution in [0.3, 0.4) is 0 Å². The van der Waals surface area contributed by atoms with E-state index in [9.17, 15) is 13.2 Å². The lowest BCUT2D eigenvalue weighted by Gasteiger charge is -2.21. The minimum atomic E-state index is -4.68. The molecule has 1 N–H and O–H groups in total. The molecule has 20 heavy (non-hydrogen) atoms. The molecule has 2 nitrogen and oxygen atoms in total. The van der Waals surface area contributed by atoms with E-state index < -0.39 is 6.36 Å². The first-order valence-electron chi connectivity index (χ1n) is 6.76. The molecule has 1 aliphatic rings. The molecule has 0 aromatic heterocycles. The summed E-state index contributed by atoms with van der Waals surface area (Å²) < 4.78 is 41.9. The number of benzene rings is 1. The van der Waals surface area contributed by atoms with Crippen molar-refractivity contribution < 1.29 is 17.9 Å². The molecule has 0 heterocycles. The smallest absolute Gasteiger partial charge is 0.404 e. The van der Waals surface area contributed by atoms with Gasteiger partial charge in [-0.05, 0) is 31.0 Å². The number of alkyl halides is 3. The molecule has 1 fully saturated rings. The molecule has 0 amide bonds. The zero-order valence-electron chi connectivity index (χ0n) is 11.0. The Bertz CT molecular complexity index is 443. The second-order valence-electron chi connectivity index (χ2n) is 5.02. The van der Waals surface area contributed by atoms with Crippen LogP contribution in [0.2, 0.25) is 0 Å². The lowest BCUT2D eigenvalue weighted by atomic mass is 10.1. The van der Waals surface area contributed by atoms with Crippen LogP contribution in [-0.2, 0) is 0 Å². The average molecular weight is 352 g/mol. The van der Waals surface area contributed by atoms with Gasteiger partial charge >= 0.3 is 6.36 Å². The fourth-order valence-corrected chi connectivity index (χ4v) is 2.81. The Labute approximate surface area is 124 Å². The normalized spacial score (nSPS) is 17.6. The molecule has 1 aliphatic carbocycles. The third-order valence-electron chi connectivity index (χ3n) is 3.38. The van der Waals surface area contributed by atoms with Crippen molar-refractivity contribution in [3.63, 3.8) is 0 Å². The summed E-state index contributed by atoms with van der Waals surface area (Å²) in [4.78, 5) is 0. The number of hydrogen-bond donors (Lipinski definition) is 1. The van der Waals surface area contributed by atoms with Crippen molar-refractivity contribution in [2.75, 3.05) is 5.32 Å². The van der Waals surface area contributed by atoms with Crippen molar-refractivity contribution >= 4 is 21.6 Å². The molecule has 112 valence electrons. The molecule has 6 heteroatoms. The number of nitrogens with one attached hydrogen (secondary N) is 1. The van der Waals surface area contributed by atoms with E-state index in [-0.39, 0.29) is 11.8 Å². The number of ether oxygens (including phenoxy) is 1. The van der Waals surface area contributed by atoms with Gasteiger partial charge in [-0.1, -0.05) is 41.6 Å². The minimum Gasteiger partial charge on any atom is -0.404 e. The van der Waals surface area contributed by atoms with Gasteiger partial charge in [-0.3, -0.25) is 0 Å². The lowest BCUT2D eigenvalue weighted by Crippen LogP contribution is -2.22. The van der Waals surface area contributed by atoms with Gasteiger partial charge in [0.05, 0.1) is 5.69 Å². The van der Waals surface area contributed by atoms with Crippen LogP contribution in [0.15, 0.2) is 22.7 Å². The summed E-state index contributed by atoms with van der Waals surface area (Å²) in [7, 11) is 0. The van der Waals surface area contributed by atoms with Crippen LogP contribution >= 0.6 is 15.9 Å². The van der Waals surface area contributed by atoms with Crippen LogP contribution in [0.4, 0.5) is 18.9 Å². The lowest BCUT2D eigenvalue weighted by molar-refractivity contribution is -0.274. The maximum atomic E-state index is 12.4. The van der Waals surface area contributed by atoms with Crippen molar-refractivity contribution in [3.8, 4) is 5.75 Å². The summed E-state index contributed by atoms with van der Waals surface area (Å²) in [5, 5.41) is 3.19. The van der Waals surface area contributed by atoms with E-state index >= 15 is 0 Å². The zero-order chi connectivity index (χ0) is 14.6. The largest absolute Gasteiger partial charge is 0.573 e. The SMILES string of the molecule is FC(F)(F)Oc1cc(Br)ccc1NC1CCCCCC1. The van der Waals surface area contributed by atoms with E-state index in [0.29, 0.717) is 10.2 Å². The van der Waals surface area contributed by atoms with Crippen LogP contribution in [0.5, 0.6) is 5.75 Å². The Kier molecular flexibility index (Phi) is 5.18. The fourth-order valence-electron chi connectivity index (χ4n) is 2.47. The molecule has 1 saturated carbocycles. The summed E-state index contributed by atoms with van der Waals surface area (Å²) in [6, 6.07) is 4.89. The Balaban J connectivity index is 2.13. The molecule has 0 bridgehead atoms. The van der Waals surface area contributed by atoms with E-state index in [4.69, 9.17) is 0 Å². The van der Waals surface area contributed by atoms with E-state index in [1.54, 1.807) is 12.1 Å². The van der Waals surface area contributed by atoms with Crippen molar-refractivity contribution in [2.24, 2.45) is 0 Å². The van der Waals surface area contributed by atoms with Crippen molar-refractivity contribution in [1.29, 1.82) is 0 Å². The highest BCUT2D eigenvalue weighted by Crippen LogP contribution is 2.34. The van der Waals surface area contributed by atoms with Gasteiger partial charge in [0, 0.05) is 10.5 Å². The van der Waals surface area contributed by atoms with Crippen molar-refractivity contribution in [2.45, 2.75) is 50.9 Å². The van der Waals surface area contributed by atoms with Crippen molar-refractivity contribution in [1.82, 2.24) is 0 Å². The molecule has 1 aromatic carbocycles. The average Bonchev–Trinajstić information content (AvgIpc) is 2.59. The van der Waals surface area contributed by atoms with Gasteiger partial charge in [-0.2, -0.15) is 0 Å². The standard InChI is InChI=1S/C14H17BrF3NO/c15-10-7-8-12(13(9-10)20-14(16,17)18)19-11-5-3-1-2-4-6-11/h7-9,11,19H,1-6H2. The number of rotatable bonds is 3. The van der Waals surface area contributed by atoms with Crippen LogP contribution in [0, 0.1) is 0 Å². The van der Waals surface area contributed by atoms with Crippen LogP contribution in [0.25, 0.3) is 0 Å². The predicted octanol–water partition coefficient (Wildman–Crippen LogP) is 5.48. The minimum absolute atomic E-state index is 0.184. The molecular formula is C14H17BrF3NO. The Morgan fingerprint density at radius 2 is 1.75 bits per heavy atom. The van der Waals surface area contributed by atoms with E-state index in [1.807, 2.05) is 0 Å². The van der Waals surface area contributed by atoms with E-state index in [0.717, 1.165) is 25.7 Å². The number of halogens is 4. The number of anilines is 1. The topological polar surface area (TPSA) is 21.3 Å². The Morgan fingerprint density at radius 3 is 2.35 bits per heavy atom. The highest BCUT2D eigenvalue weighted by atomic mass is 79.9. The summed E-state index contributed by atoms with van der Waals surface area (Å²) in [5.41, 5.74) is 0.400. The Hall–Kier alpha value is -0.910. The highest BCUT2D eigenvalue weighted by Gasteiger charge is 2.32. The molecule has 2 rings (SSSR count). The molecule has 0 atom stereocenters. The number of hydrogen-bond acceptors (Lipinski definition) is 2. The van der Waals surface area contributed by atoms with Gasteiger partial charge in [-0.15, -0.1) is 13.2 Å². The van der Waals surface area contributed by atoms with Gasteiger partial charge in [0.2, 0.25) is 0 Å². The van der Waals surface area contributed by atoms with Gasteiger partial charge in [0.25, 0.3) is 0 Å². The summed E-state index contributed by atoms with van der Waals surface area (Å²) in [6.07, 6.45) is 1.92. The maximum Gasteiger partial charge on any atom is 0.573 e. The molecule has 0 aliphatic heterocycles. The highest BCUT2D eigenvalue weighted by molar-refractivity contribution is 9.10. The zero-order valence-corrected chi connectivity index (χ0v) is 12.6. The van der Waals surface area contributed by atoms with Crippen LogP contribution in [0.1, 0.15) is 38.5 Å². The Morgan fingerprint density at radius 1 is 1.10 bits per heavy atom. The van der Waals surface area contributed by atoms with Crippen molar-refractivity contribution in [3.05, 3.63) is 22.7 Å². The molecule has 0 saturated heterocycles. The maximum absolute atomic E-state index is 12.4. The summed E-state index contributed by atoms with van der Waals surface area (Å²) in [6.45, 7) is 0. The van der Waals surface area contributed by atoms with Gasteiger partial charge in [0.1, 0.15) is 0 Å². The third-order valence-corrected chi connectivity index (χ3v) is 3.88. The predicted molar refractivity (Wildman–Crippen MR) is 75.9 cm³/mol. The van der Waals surface area contributed by atoms with E-state index in [2.05, 4.69) is 26.0 Å². The van der Waals surface area contributed by atoms with Gasteiger partial charge in [0.15, 0.2) is 5.75 Å². The molecule has 0 unspecified atom stereocenters. The van der Waals surface area contributed by atoms with E-state index in [1.165, 1.54) is 18.9 Å². The summed E-state index contributed by atoms with van der Waals surface area (Å²) >= 11 is 3.17. The van der Waals surface area contributed by atoms with Gasteiger partial charge in [-0.25, -0.2) is 0 Å².